The van der Waals surface area contributed by atoms with Gasteiger partial charge in [-0.05, 0) is 24.6 Å². The summed E-state index contributed by atoms with van der Waals surface area (Å²) < 4.78 is 5.50. The molecule has 0 saturated heterocycles. The molecule has 14 heavy (non-hydrogen) atoms. The Bertz CT molecular complexity index is 316. The van der Waals surface area contributed by atoms with Gasteiger partial charge in [-0.15, -0.1) is 0 Å². The number of rotatable bonds is 5. The number of carbonyl (C=O) groups excluding carboxylic acids is 1. The van der Waals surface area contributed by atoms with E-state index in [1.54, 1.807) is 12.4 Å². The Kier molecular flexibility index (Phi) is 4.48. The predicted molar refractivity (Wildman–Crippen MR) is 57.0 cm³/mol. The molecule has 0 aliphatic carbocycles. The van der Waals surface area contributed by atoms with Gasteiger partial charge in [0.1, 0.15) is 5.75 Å². The van der Waals surface area contributed by atoms with E-state index in [9.17, 15) is 4.79 Å². The Morgan fingerprint density at radius 2 is 2.21 bits per heavy atom. The van der Waals surface area contributed by atoms with Crippen LogP contribution in [0.25, 0.3) is 6.08 Å². The van der Waals surface area contributed by atoms with Gasteiger partial charge in [0.25, 0.3) is 0 Å². The van der Waals surface area contributed by atoms with Crippen LogP contribution in [0, 0.1) is 0 Å². The Labute approximate surface area is 84.2 Å². The Hall–Kier alpha value is -1.57. The van der Waals surface area contributed by atoms with Crippen LogP contribution >= 0.6 is 0 Å². The molecular weight excluding hydrogens is 176 g/mol. The summed E-state index contributed by atoms with van der Waals surface area (Å²) >= 11 is 0. The summed E-state index contributed by atoms with van der Waals surface area (Å²) in [6.07, 6.45) is 5.72. The molecule has 0 atom stereocenters. The fraction of sp³-hybridized carbons (Fsp3) is 0.250. The van der Waals surface area contributed by atoms with Crippen molar-refractivity contribution >= 4 is 12.4 Å². The highest BCUT2D eigenvalue weighted by molar-refractivity contribution is 5.75. The van der Waals surface area contributed by atoms with Gasteiger partial charge in [0.05, 0.1) is 6.61 Å². The fourth-order valence-corrected chi connectivity index (χ4v) is 1.09. The molecule has 73 valence electrons. The highest BCUT2D eigenvalue weighted by atomic mass is 16.5. The van der Waals surface area contributed by atoms with Crippen molar-refractivity contribution in [1.29, 1.82) is 0 Å². The minimum Gasteiger partial charge on any atom is -0.493 e. The molecule has 2 nitrogen and oxygen atoms in total. The number of ether oxygens (including phenoxy) is 1. The maximum atomic E-state index is 10.1. The van der Waals surface area contributed by atoms with E-state index in [4.69, 9.17) is 4.74 Å². The zero-order chi connectivity index (χ0) is 10.2. The van der Waals surface area contributed by atoms with Crippen LogP contribution in [0.2, 0.25) is 0 Å². The lowest BCUT2D eigenvalue weighted by atomic mass is 10.2. The number of allylic oxidation sites excluding steroid dienone is 1. The quantitative estimate of drug-likeness (QED) is 0.665. The summed E-state index contributed by atoms with van der Waals surface area (Å²) in [5.41, 5.74) is 0.907. The molecule has 1 aromatic carbocycles. The van der Waals surface area contributed by atoms with Crippen molar-refractivity contribution in [3.05, 3.63) is 35.9 Å². The summed E-state index contributed by atoms with van der Waals surface area (Å²) in [7, 11) is 0. The molecule has 1 rings (SSSR count). The predicted octanol–water partition coefficient (Wildman–Crippen LogP) is 2.60. The monoisotopic (exact) mass is 189 g/mol. The molecule has 0 aromatic heterocycles. The van der Waals surface area contributed by atoms with Crippen LogP contribution in [0.3, 0.4) is 0 Å². The lowest BCUT2D eigenvalue weighted by Gasteiger charge is -2.06. The lowest BCUT2D eigenvalue weighted by molar-refractivity contribution is 0.317. The number of para-hydroxylation sites is 1. The molecule has 0 amide bonds. The maximum Gasteiger partial charge on any atom is 0.225 e. The zero-order valence-corrected chi connectivity index (χ0v) is 8.19. The van der Waals surface area contributed by atoms with Crippen molar-refractivity contribution in [2.24, 2.45) is 0 Å². The third-order valence-corrected chi connectivity index (χ3v) is 1.71. The van der Waals surface area contributed by atoms with E-state index in [1.165, 1.54) is 6.08 Å². The van der Waals surface area contributed by atoms with E-state index in [-0.39, 0.29) is 0 Å². The first-order chi connectivity index (χ1) is 6.88. The van der Waals surface area contributed by atoms with Crippen LogP contribution in [-0.2, 0) is 4.79 Å². The second-order valence-electron chi connectivity index (χ2n) is 2.84. The maximum absolute atomic E-state index is 10.1. The van der Waals surface area contributed by atoms with Crippen molar-refractivity contribution in [2.75, 3.05) is 6.61 Å². The van der Waals surface area contributed by atoms with Gasteiger partial charge in [0.15, 0.2) is 0 Å². The van der Waals surface area contributed by atoms with Gasteiger partial charge in [-0.2, -0.15) is 0 Å². The Morgan fingerprint density at radius 1 is 1.43 bits per heavy atom. The molecule has 0 N–H and O–H groups in total. The van der Waals surface area contributed by atoms with Crippen LogP contribution in [0.15, 0.2) is 30.3 Å². The van der Waals surface area contributed by atoms with Gasteiger partial charge >= 0.3 is 0 Å². The summed E-state index contributed by atoms with van der Waals surface area (Å²) in [5.74, 6) is 0.806. The first-order valence-corrected chi connectivity index (χ1v) is 4.64. The standard InChI is InChI=1S/C12H13O2/c1-2-10-14-12-8-4-3-6-11(12)7-5-9-13/h3-8H,2,10H2,1H3/b7-5+. The molecule has 0 aliphatic heterocycles. The van der Waals surface area contributed by atoms with Crippen molar-refractivity contribution in [3.8, 4) is 5.75 Å². The molecule has 0 bridgehead atoms. The number of hydrogen-bond donors (Lipinski definition) is 0. The molecule has 0 spiro atoms. The van der Waals surface area contributed by atoms with E-state index < -0.39 is 0 Å². The largest absolute Gasteiger partial charge is 0.493 e. The van der Waals surface area contributed by atoms with Gasteiger partial charge in [-0.1, -0.05) is 25.1 Å². The topological polar surface area (TPSA) is 26.3 Å². The smallest absolute Gasteiger partial charge is 0.225 e. The lowest BCUT2D eigenvalue weighted by Crippen LogP contribution is -1.96. The van der Waals surface area contributed by atoms with E-state index in [0.717, 1.165) is 17.7 Å². The number of benzene rings is 1. The third kappa shape index (κ3) is 3.05. The van der Waals surface area contributed by atoms with E-state index in [2.05, 4.69) is 6.92 Å². The van der Waals surface area contributed by atoms with Gasteiger partial charge in [0, 0.05) is 5.56 Å². The van der Waals surface area contributed by atoms with Crippen LogP contribution in [-0.4, -0.2) is 12.9 Å². The minimum absolute atomic E-state index is 0.690. The van der Waals surface area contributed by atoms with Crippen molar-refractivity contribution < 1.29 is 9.53 Å². The normalized spacial score (nSPS) is 10.4. The first kappa shape index (κ1) is 10.5. The third-order valence-electron chi connectivity index (χ3n) is 1.71. The molecule has 0 aliphatic rings. The highest BCUT2D eigenvalue weighted by Gasteiger charge is 1.97. The second-order valence-corrected chi connectivity index (χ2v) is 2.84. The van der Waals surface area contributed by atoms with Crippen LogP contribution in [0.1, 0.15) is 18.9 Å². The van der Waals surface area contributed by atoms with Gasteiger partial charge in [-0.3, -0.25) is 4.79 Å². The molecule has 0 unspecified atom stereocenters. The molecule has 2 heteroatoms. The van der Waals surface area contributed by atoms with Crippen LogP contribution in [0.5, 0.6) is 5.75 Å². The minimum atomic E-state index is 0.690. The molecule has 0 saturated carbocycles. The number of hydrogen-bond acceptors (Lipinski definition) is 2. The Balaban J connectivity index is 2.79. The summed E-state index contributed by atoms with van der Waals surface area (Å²) in [6, 6.07) is 7.61. The van der Waals surface area contributed by atoms with Crippen molar-refractivity contribution in [1.82, 2.24) is 0 Å². The van der Waals surface area contributed by atoms with Crippen molar-refractivity contribution in [3.63, 3.8) is 0 Å². The summed E-state index contributed by atoms with van der Waals surface area (Å²) in [5, 5.41) is 0. The summed E-state index contributed by atoms with van der Waals surface area (Å²) in [4.78, 5) is 10.1. The molecule has 0 heterocycles. The summed E-state index contributed by atoms with van der Waals surface area (Å²) in [6.45, 7) is 2.74. The first-order valence-electron chi connectivity index (χ1n) is 4.64. The van der Waals surface area contributed by atoms with Crippen LogP contribution < -0.4 is 4.74 Å². The molecule has 1 aromatic rings. The highest BCUT2D eigenvalue weighted by Crippen LogP contribution is 2.19. The van der Waals surface area contributed by atoms with Gasteiger partial charge in [0.2, 0.25) is 6.29 Å². The Morgan fingerprint density at radius 3 is 2.93 bits per heavy atom. The van der Waals surface area contributed by atoms with Crippen LogP contribution in [0.4, 0.5) is 0 Å². The molecule has 0 fully saturated rings. The van der Waals surface area contributed by atoms with Gasteiger partial charge in [-0.25, -0.2) is 0 Å². The average molecular weight is 189 g/mol. The second kappa shape index (κ2) is 5.97. The van der Waals surface area contributed by atoms with Gasteiger partial charge < -0.3 is 4.74 Å². The zero-order valence-electron chi connectivity index (χ0n) is 8.19. The van der Waals surface area contributed by atoms with E-state index >= 15 is 0 Å². The average Bonchev–Trinajstić information content (AvgIpc) is 2.24. The fourth-order valence-electron chi connectivity index (χ4n) is 1.09. The molecular formula is C12H13O2. The van der Waals surface area contributed by atoms with Crippen molar-refractivity contribution in [2.45, 2.75) is 13.3 Å². The molecule has 1 radical (unpaired) electrons. The van der Waals surface area contributed by atoms with E-state index in [0.29, 0.717) is 6.61 Å². The SMILES string of the molecule is CCCOc1ccccc1/C=C/[C]=O. The van der Waals surface area contributed by atoms with E-state index in [1.807, 2.05) is 24.3 Å².